The van der Waals surface area contributed by atoms with Crippen LogP contribution in [0.15, 0.2) is 36.4 Å². The Kier molecular flexibility index (Phi) is 11.1. The molecule has 0 unspecified atom stereocenters. The monoisotopic (exact) mass is 526 g/mol. The lowest BCUT2D eigenvalue weighted by atomic mass is 9.97. The van der Waals surface area contributed by atoms with Gasteiger partial charge in [-0.3, -0.25) is 19.2 Å². The number of benzene rings is 2. The quantitative estimate of drug-likeness (QED) is 0.308. The van der Waals surface area contributed by atoms with Gasteiger partial charge in [-0.15, -0.1) is 0 Å². The zero-order chi connectivity index (χ0) is 28.2. The van der Waals surface area contributed by atoms with Crippen molar-refractivity contribution in [3.05, 3.63) is 47.5 Å². The molecule has 0 aliphatic rings. The maximum Gasteiger partial charge on any atom is 0.308 e. The van der Waals surface area contributed by atoms with Crippen LogP contribution in [0.3, 0.4) is 0 Å². The van der Waals surface area contributed by atoms with Crippen LogP contribution in [-0.2, 0) is 28.7 Å². The summed E-state index contributed by atoms with van der Waals surface area (Å²) < 4.78 is 31.9. The molecule has 202 valence electrons. The third-order valence-electron chi connectivity index (χ3n) is 4.76. The Labute approximate surface area is 220 Å². The van der Waals surface area contributed by atoms with E-state index in [0.29, 0.717) is 22.3 Å². The zero-order valence-electron chi connectivity index (χ0n) is 22.1. The Hall–Kier alpha value is -4.60. The molecule has 0 saturated carbocycles. The molecule has 10 nitrogen and oxygen atoms in total. The highest BCUT2D eigenvalue weighted by atomic mass is 16.6. The van der Waals surface area contributed by atoms with Crippen molar-refractivity contribution in [2.24, 2.45) is 0 Å². The van der Waals surface area contributed by atoms with Crippen molar-refractivity contribution in [2.75, 3.05) is 27.4 Å². The minimum atomic E-state index is -0.596. The van der Waals surface area contributed by atoms with Crippen LogP contribution in [0.1, 0.15) is 38.8 Å². The highest BCUT2D eigenvalue weighted by Gasteiger charge is 2.23. The van der Waals surface area contributed by atoms with E-state index < -0.39 is 23.9 Å². The van der Waals surface area contributed by atoms with E-state index in [1.54, 1.807) is 48.6 Å². The number of hydrogen-bond donors (Lipinski definition) is 0. The predicted molar refractivity (Wildman–Crippen MR) is 139 cm³/mol. The van der Waals surface area contributed by atoms with Crippen molar-refractivity contribution in [1.82, 2.24) is 0 Å². The second-order valence-corrected chi connectivity index (χ2v) is 7.80. The summed E-state index contributed by atoms with van der Waals surface area (Å²) in [4.78, 5) is 46.2. The molecule has 0 heterocycles. The predicted octanol–water partition coefficient (Wildman–Crippen LogP) is 4.37. The molecule has 10 heteroatoms. The smallest absolute Gasteiger partial charge is 0.308 e. The van der Waals surface area contributed by atoms with Gasteiger partial charge in [0, 0.05) is 38.8 Å². The molecule has 0 atom stereocenters. The summed E-state index contributed by atoms with van der Waals surface area (Å²) in [6.07, 6.45) is 6.65. The van der Waals surface area contributed by atoms with E-state index in [0.717, 1.165) is 0 Å². The van der Waals surface area contributed by atoms with Crippen LogP contribution >= 0.6 is 0 Å². The van der Waals surface area contributed by atoms with Crippen LogP contribution in [-0.4, -0.2) is 51.3 Å². The summed E-state index contributed by atoms with van der Waals surface area (Å²) in [6.45, 7) is 5.21. The van der Waals surface area contributed by atoms with Gasteiger partial charge in [0.1, 0.15) is 13.2 Å². The van der Waals surface area contributed by atoms with Crippen LogP contribution in [0.25, 0.3) is 23.3 Å². The van der Waals surface area contributed by atoms with Gasteiger partial charge in [0.05, 0.1) is 14.2 Å². The fraction of sp³-hybridized carbons (Fsp3) is 0.286. The number of methoxy groups -OCH3 is 2. The lowest BCUT2D eigenvalue weighted by Crippen LogP contribution is -2.08. The summed E-state index contributed by atoms with van der Waals surface area (Å²) in [5, 5.41) is 0. The molecular weight excluding hydrogens is 496 g/mol. The van der Waals surface area contributed by atoms with E-state index in [1.165, 1.54) is 41.9 Å². The van der Waals surface area contributed by atoms with Crippen molar-refractivity contribution >= 4 is 36.0 Å². The number of carbonyl (C=O) groups excluding carboxylic acids is 4. The van der Waals surface area contributed by atoms with Crippen molar-refractivity contribution < 1.29 is 47.6 Å². The first kappa shape index (κ1) is 29.6. The molecule has 0 bridgehead atoms. The highest BCUT2D eigenvalue weighted by molar-refractivity contribution is 5.88. The molecule has 0 aliphatic carbocycles. The van der Waals surface area contributed by atoms with Gasteiger partial charge >= 0.3 is 23.9 Å². The fourth-order valence-electron chi connectivity index (χ4n) is 3.34. The summed E-state index contributed by atoms with van der Waals surface area (Å²) >= 11 is 0. The summed E-state index contributed by atoms with van der Waals surface area (Å²) in [5.74, 6) is -1.39. The van der Waals surface area contributed by atoms with Gasteiger partial charge in [-0.1, -0.05) is 12.2 Å². The molecule has 38 heavy (non-hydrogen) atoms. The van der Waals surface area contributed by atoms with E-state index in [4.69, 9.17) is 28.4 Å². The minimum Gasteiger partial charge on any atom is -0.493 e. The lowest BCUT2D eigenvalue weighted by Gasteiger charge is -2.19. The van der Waals surface area contributed by atoms with Gasteiger partial charge < -0.3 is 28.4 Å². The molecule has 0 fully saturated rings. The average molecular weight is 527 g/mol. The van der Waals surface area contributed by atoms with E-state index in [9.17, 15) is 19.2 Å². The maximum absolute atomic E-state index is 12.0. The maximum atomic E-state index is 12.0. The number of rotatable bonds is 11. The average Bonchev–Trinajstić information content (AvgIpc) is 2.84. The van der Waals surface area contributed by atoms with Gasteiger partial charge in [0.15, 0.2) is 23.0 Å². The van der Waals surface area contributed by atoms with Gasteiger partial charge in [0.25, 0.3) is 0 Å². The molecule has 0 aliphatic heterocycles. The Bertz CT molecular complexity index is 1160. The van der Waals surface area contributed by atoms with Crippen molar-refractivity contribution in [3.63, 3.8) is 0 Å². The first-order valence-electron chi connectivity index (χ1n) is 11.5. The number of ether oxygens (including phenoxy) is 6. The molecule has 0 N–H and O–H groups in total. The molecular formula is C28H30O10. The SMILES string of the molecule is COc1cc(C=CCOC(C)=O)cc(-c2cc(C=CCOC(C)=O)cc(OC)c2OC(C)=O)c1OC(C)=O. The molecule has 0 amide bonds. The van der Waals surface area contributed by atoms with Gasteiger partial charge in [-0.05, 0) is 47.5 Å². The first-order valence-corrected chi connectivity index (χ1v) is 11.5. The molecule has 0 spiro atoms. The van der Waals surface area contributed by atoms with E-state index >= 15 is 0 Å². The Morgan fingerprint density at radius 1 is 0.605 bits per heavy atom. The third kappa shape index (κ3) is 8.81. The van der Waals surface area contributed by atoms with Crippen LogP contribution in [0.2, 0.25) is 0 Å². The van der Waals surface area contributed by atoms with E-state index in [2.05, 4.69) is 0 Å². The Morgan fingerprint density at radius 3 is 1.26 bits per heavy atom. The summed E-state index contributed by atoms with van der Waals surface area (Å²) in [5.41, 5.74) is 1.94. The molecule has 0 saturated heterocycles. The normalized spacial score (nSPS) is 10.8. The largest absolute Gasteiger partial charge is 0.493 e. The first-order chi connectivity index (χ1) is 18.0. The van der Waals surface area contributed by atoms with Crippen LogP contribution < -0.4 is 18.9 Å². The van der Waals surface area contributed by atoms with E-state index in [1.807, 2.05) is 0 Å². The van der Waals surface area contributed by atoms with Gasteiger partial charge in [0.2, 0.25) is 0 Å². The number of hydrogen-bond acceptors (Lipinski definition) is 10. The Morgan fingerprint density at radius 2 is 0.974 bits per heavy atom. The molecule has 2 aromatic rings. The van der Waals surface area contributed by atoms with Crippen LogP contribution in [0.4, 0.5) is 0 Å². The number of carbonyl (C=O) groups is 4. The Balaban J connectivity index is 2.80. The second kappa shape index (κ2) is 14.2. The second-order valence-electron chi connectivity index (χ2n) is 7.80. The highest BCUT2D eigenvalue weighted by Crippen LogP contribution is 2.47. The molecule has 2 aromatic carbocycles. The molecule has 0 radical (unpaired) electrons. The lowest BCUT2D eigenvalue weighted by molar-refractivity contribution is -0.140. The third-order valence-corrected chi connectivity index (χ3v) is 4.76. The van der Waals surface area contributed by atoms with Gasteiger partial charge in [-0.25, -0.2) is 0 Å². The summed E-state index contributed by atoms with van der Waals surface area (Å²) in [7, 11) is 2.83. The standard InChI is InChI=1S/C28H30O10/c1-17(29)35-11-7-9-21-13-23(27(37-19(3)31)25(15-21)33-5)24-14-22(10-8-12-36-18(2)30)16-26(34-6)28(24)38-20(4)32/h7-10,13-16H,11-12H2,1-6H3. The summed E-state index contributed by atoms with van der Waals surface area (Å²) in [6, 6.07) is 6.66. The topological polar surface area (TPSA) is 124 Å². The zero-order valence-corrected chi connectivity index (χ0v) is 22.1. The number of esters is 4. The molecule has 2 rings (SSSR count). The minimum absolute atomic E-state index is 0.0494. The van der Waals surface area contributed by atoms with Crippen LogP contribution in [0.5, 0.6) is 23.0 Å². The molecule has 0 aromatic heterocycles. The van der Waals surface area contributed by atoms with E-state index in [-0.39, 0.29) is 36.2 Å². The van der Waals surface area contributed by atoms with Crippen LogP contribution in [0, 0.1) is 0 Å². The van der Waals surface area contributed by atoms with Crippen molar-refractivity contribution in [3.8, 4) is 34.1 Å². The fourth-order valence-corrected chi connectivity index (χ4v) is 3.34. The van der Waals surface area contributed by atoms with Crippen molar-refractivity contribution in [2.45, 2.75) is 27.7 Å². The van der Waals surface area contributed by atoms with Crippen molar-refractivity contribution in [1.29, 1.82) is 0 Å². The van der Waals surface area contributed by atoms with Gasteiger partial charge in [-0.2, -0.15) is 0 Å².